The maximum absolute atomic E-state index is 11.9. The molecule has 2 aliphatic heterocycles. The number of rotatable bonds is 7. The summed E-state index contributed by atoms with van der Waals surface area (Å²) in [4.78, 5) is 83.3. The molecule has 51 heavy (non-hydrogen) atoms. The number of fused-ring (bicyclic) bond motifs is 2. The Morgan fingerprint density at radius 1 is 0.824 bits per heavy atom. The van der Waals surface area contributed by atoms with E-state index in [0.29, 0.717) is 17.0 Å². The molecule has 4 amide bonds. The molecule has 0 fully saturated rings. The average molecular weight is 710 g/mol. The van der Waals surface area contributed by atoms with Gasteiger partial charge in [-0.2, -0.15) is 4.98 Å². The number of nitrogens with one attached hydrogen (secondary N) is 4. The Kier molecular flexibility index (Phi) is 13.4. The van der Waals surface area contributed by atoms with Crippen LogP contribution in [-0.2, 0) is 14.4 Å². The maximum Gasteiger partial charge on any atom is 0.410 e. The Balaban J connectivity index is 0.000000208. The Morgan fingerprint density at radius 2 is 1.45 bits per heavy atom. The first-order chi connectivity index (χ1) is 23.9. The molecule has 2 aliphatic rings. The van der Waals surface area contributed by atoms with Crippen LogP contribution >= 0.6 is 0 Å². The highest BCUT2D eigenvalue weighted by atomic mass is 16.4. The molecule has 0 aliphatic carbocycles. The van der Waals surface area contributed by atoms with Crippen molar-refractivity contribution in [3.8, 4) is 0 Å². The van der Waals surface area contributed by atoms with Crippen molar-refractivity contribution in [3.63, 3.8) is 0 Å². The van der Waals surface area contributed by atoms with Crippen molar-refractivity contribution in [2.24, 2.45) is 21.8 Å². The van der Waals surface area contributed by atoms with Crippen LogP contribution in [0.1, 0.15) is 81.3 Å². The molecule has 0 bridgehead atoms. The summed E-state index contributed by atoms with van der Waals surface area (Å²) in [6.45, 7) is 18.9. The standard InChI is InChI=1S/C12H19N5O2.C11H17N3O2.C9H11N5O2/c1-6(2)10(18)15-12-14-9-8(11(19)16-12)13-5-17(9)7(3)4;1-7(2)10(15)12-9-5-6-14(8(3)4)11(16)13-9;1-5(2)14-4-12-6-7(13-9(15)16)10-3-11-8(6)14/h5-9H,1-4H3,(H2,14,15,16,18,19);5-8H,1-4H3,(H,12,13,15,16);3-5H,1-2H3,(H,15,16)(H,10,11,13). The second kappa shape index (κ2) is 17.3. The zero-order chi connectivity index (χ0) is 38.2. The topological polar surface area (TPSA) is 243 Å². The molecule has 2 unspecified atom stereocenters. The molecule has 276 valence electrons. The minimum Gasteiger partial charge on any atom is -0.465 e. The number of aromatic nitrogens is 6. The van der Waals surface area contributed by atoms with Crippen LogP contribution in [0.3, 0.4) is 0 Å². The third-order valence-electron chi connectivity index (χ3n) is 7.38. The summed E-state index contributed by atoms with van der Waals surface area (Å²) < 4.78 is 3.36. The number of nitrogens with zero attached hydrogens (tertiary/aromatic N) is 9. The van der Waals surface area contributed by atoms with Crippen LogP contribution in [0.2, 0.25) is 0 Å². The van der Waals surface area contributed by atoms with Crippen molar-refractivity contribution >= 4 is 58.9 Å². The van der Waals surface area contributed by atoms with E-state index < -0.39 is 12.1 Å². The van der Waals surface area contributed by atoms with Gasteiger partial charge in [-0.3, -0.25) is 39.9 Å². The Bertz CT molecular complexity index is 1840. The Labute approximate surface area is 295 Å². The van der Waals surface area contributed by atoms with Crippen molar-refractivity contribution in [2.45, 2.75) is 99.6 Å². The third-order valence-corrected chi connectivity index (χ3v) is 7.38. The summed E-state index contributed by atoms with van der Waals surface area (Å²) in [7, 11) is 0. The van der Waals surface area contributed by atoms with Crippen LogP contribution in [0, 0.1) is 11.8 Å². The highest BCUT2D eigenvalue weighted by Gasteiger charge is 2.41. The summed E-state index contributed by atoms with van der Waals surface area (Å²) in [5.74, 6) is -0.133. The number of imidazole rings is 1. The number of hydrogen-bond donors (Lipinski definition) is 5. The number of carbonyl (C=O) groups excluding carboxylic acids is 3. The molecule has 3 aromatic rings. The van der Waals surface area contributed by atoms with E-state index in [1.165, 1.54) is 10.9 Å². The highest BCUT2D eigenvalue weighted by Crippen LogP contribution is 2.21. The molecule has 0 saturated carbocycles. The molecule has 2 atom stereocenters. The minimum absolute atomic E-state index is 0.0647. The van der Waals surface area contributed by atoms with Gasteiger partial charge in [-0.05, 0) is 47.6 Å². The van der Waals surface area contributed by atoms with Gasteiger partial charge in [0.1, 0.15) is 12.1 Å². The molecule has 0 aromatic carbocycles. The minimum atomic E-state index is -1.17. The number of hydrogen-bond acceptors (Lipinski definition) is 12. The van der Waals surface area contributed by atoms with Crippen molar-refractivity contribution < 1.29 is 24.3 Å². The van der Waals surface area contributed by atoms with Gasteiger partial charge in [0.15, 0.2) is 29.2 Å². The maximum atomic E-state index is 11.9. The van der Waals surface area contributed by atoms with Gasteiger partial charge in [0, 0.05) is 36.2 Å². The molecular weight excluding hydrogens is 662 g/mol. The summed E-state index contributed by atoms with van der Waals surface area (Å²) in [5, 5.41) is 18.6. The second-order valence-electron chi connectivity index (χ2n) is 13.1. The number of aliphatic imine (C=N–C) groups is 2. The normalized spacial score (nSPS) is 16.3. The first-order valence-corrected chi connectivity index (χ1v) is 16.5. The fraction of sp³-hybridized carbons (Fsp3) is 0.531. The summed E-state index contributed by atoms with van der Waals surface area (Å²) in [6, 6.07) is 1.56. The predicted molar refractivity (Wildman–Crippen MR) is 191 cm³/mol. The van der Waals surface area contributed by atoms with Crippen LogP contribution in [0.25, 0.3) is 11.2 Å². The van der Waals surface area contributed by atoms with Gasteiger partial charge in [0.25, 0.3) is 5.91 Å². The number of amides is 4. The largest absolute Gasteiger partial charge is 0.465 e. The fourth-order valence-electron chi connectivity index (χ4n) is 4.48. The van der Waals surface area contributed by atoms with E-state index in [9.17, 15) is 24.0 Å². The summed E-state index contributed by atoms with van der Waals surface area (Å²) >= 11 is 0. The SMILES string of the molecule is CC(C)C(=O)NC1=NC2C(N=CN2C(C)C)C(=O)N1.CC(C)C(=O)Nc1ccn(C(C)C)c(=O)n1.CC(C)n1cnc2c(NC(=O)O)ncnc21. The summed E-state index contributed by atoms with van der Waals surface area (Å²) in [5.41, 5.74) is 0.726. The monoisotopic (exact) mass is 709 g/mol. The molecule has 0 radical (unpaired) electrons. The molecule has 5 rings (SSSR count). The number of guanidine groups is 1. The number of carboxylic acid groups (broad SMARTS) is 1. The second-order valence-corrected chi connectivity index (χ2v) is 13.1. The van der Waals surface area contributed by atoms with Gasteiger partial charge in [-0.15, -0.1) is 0 Å². The first-order valence-electron chi connectivity index (χ1n) is 16.5. The van der Waals surface area contributed by atoms with Crippen molar-refractivity contribution in [2.75, 3.05) is 10.6 Å². The lowest BCUT2D eigenvalue weighted by Gasteiger charge is -2.31. The van der Waals surface area contributed by atoms with E-state index in [1.807, 2.05) is 51.0 Å². The fourth-order valence-corrected chi connectivity index (χ4v) is 4.48. The van der Waals surface area contributed by atoms with E-state index in [0.717, 1.165) is 0 Å². The Morgan fingerprint density at radius 3 is 2.00 bits per heavy atom. The van der Waals surface area contributed by atoms with E-state index in [4.69, 9.17) is 5.11 Å². The number of carbonyl (C=O) groups is 4. The van der Waals surface area contributed by atoms with E-state index in [2.05, 4.69) is 51.2 Å². The molecule has 0 spiro atoms. The highest BCUT2D eigenvalue weighted by molar-refractivity contribution is 6.08. The van der Waals surface area contributed by atoms with E-state index in [1.54, 1.807) is 52.6 Å². The van der Waals surface area contributed by atoms with Crippen LogP contribution < -0.4 is 27.0 Å². The Hall–Kier alpha value is -5.75. The zero-order valence-corrected chi connectivity index (χ0v) is 30.4. The van der Waals surface area contributed by atoms with Gasteiger partial charge >= 0.3 is 11.8 Å². The quantitative estimate of drug-likeness (QED) is 0.239. The predicted octanol–water partition coefficient (Wildman–Crippen LogP) is 2.61. The average Bonchev–Trinajstić information content (AvgIpc) is 3.67. The van der Waals surface area contributed by atoms with Gasteiger partial charge < -0.3 is 19.9 Å². The van der Waals surface area contributed by atoms with Crippen LogP contribution in [0.5, 0.6) is 0 Å². The molecule has 3 aromatic heterocycles. The number of anilines is 2. The van der Waals surface area contributed by atoms with Crippen LogP contribution in [-0.4, -0.2) is 93.4 Å². The lowest BCUT2D eigenvalue weighted by atomic mass is 10.1. The van der Waals surface area contributed by atoms with Crippen molar-refractivity contribution in [1.82, 2.24) is 44.6 Å². The molecule has 5 N–H and O–H groups in total. The van der Waals surface area contributed by atoms with Crippen molar-refractivity contribution in [1.29, 1.82) is 0 Å². The first kappa shape index (κ1) is 39.7. The van der Waals surface area contributed by atoms with Crippen LogP contribution in [0.15, 0.2) is 39.7 Å². The van der Waals surface area contributed by atoms with Gasteiger partial charge in [-0.25, -0.2) is 29.5 Å². The van der Waals surface area contributed by atoms with Crippen molar-refractivity contribution in [3.05, 3.63) is 35.4 Å². The molecule has 19 heteroatoms. The van der Waals surface area contributed by atoms with E-state index >= 15 is 0 Å². The lowest BCUT2D eigenvalue weighted by molar-refractivity contribution is -0.123. The van der Waals surface area contributed by atoms with Crippen LogP contribution in [0.4, 0.5) is 16.4 Å². The smallest absolute Gasteiger partial charge is 0.410 e. The van der Waals surface area contributed by atoms with Gasteiger partial charge in [-0.1, -0.05) is 27.7 Å². The van der Waals surface area contributed by atoms with Gasteiger partial charge in [0.05, 0.1) is 12.7 Å². The zero-order valence-electron chi connectivity index (χ0n) is 30.4. The molecular formula is C32H47N13O6. The van der Waals surface area contributed by atoms with E-state index in [-0.39, 0.29) is 71.3 Å². The molecule has 0 saturated heterocycles. The van der Waals surface area contributed by atoms with Gasteiger partial charge in [0.2, 0.25) is 17.8 Å². The summed E-state index contributed by atoms with van der Waals surface area (Å²) in [6.07, 6.45) is 4.69. The lowest BCUT2D eigenvalue weighted by Crippen LogP contribution is -2.57. The molecule has 5 heterocycles. The molecule has 19 nitrogen and oxygen atoms in total. The third kappa shape index (κ3) is 10.4.